The first-order valence-corrected chi connectivity index (χ1v) is 26.6. The van der Waals surface area contributed by atoms with Crippen LogP contribution in [0.5, 0.6) is 0 Å². The summed E-state index contributed by atoms with van der Waals surface area (Å²) in [6, 6.07) is 72.8. The topological polar surface area (TPSA) is 45.2 Å². The molecule has 0 atom stereocenters. The van der Waals surface area contributed by atoms with Crippen LogP contribution in [-0.4, -0.2) is 15.0 Å². The highest BCUT2D eigenvalue weighted by Gasteiger charge is 2.45. The molecule has 2 aliphatic rings. The zero-order valence-electron chi connectivity index (χ0n) is 39.5. The highest BCUT2D eigenvalue weighted by atomic mass is 32.1. The van der Waals surface area contributed by atoms with Gasteiger partial charge in [-0.1, -0.05) is 167 Å². The second-order valence-corrected chi connectivity index (χ2v) is 22.6. The minimum absolute atomic E-state index is 0.307. The number of fused-ring (bicyclic) bond motifs is 7. The van der Waals surface area contributed by atoms with Crippen LogP contribution in [0.25, 0.3) is 73.5 Å². The van der Waals surface area contributed by atoms with Gasteiger partial charge in [0.15, 0.2) is 0 Å². The molecule has 12 aromatic rings. The van der Waals surface area contributed by atoms with E-state index in [0.29, 0.717) is 0 Å². The molecule has 0 bridgehead atoms. The van der Waals surface area contributed by atoms with Crippen LogP contribution < -0.4 is 9.80 Å². The molecule has 9 aromatic carbocycles. The molecule has 5 nitrogen and oxygen atoms in total. The third-order valence-electron chi connectivity index (χ3n) is 14.8. The van der Waals surface area contributed by atoms with Gasteiger partial charge in [0.25, 0.3) is 0 Å². The van der Waals surface area contributed by atoms with E-state index >= 15 is 0 Å². The van der Waals surface area contributed by atoms with E-state index < -0.39 is 0 Å². The number of para-hydroxylation sites is 7. The Balaban J connectivity index is 1.30. The van der Waals surface area contributed by atoms with Crippen molar-refractivity contribution in [2.45, 2.75) is 38.5 Å². The molecule has 0 saturated carbocycles. The van der Waals surface area contributed by atoms with Gasteiger partial charge < -0.3 is 9.80 Å². The lowest BCUT2D eigenvalue weighted by Gasteiger charge is -2.46. The van der Waals surface area contributed by atoms with Crippen LogP contribution in [-0.2, 0) is 10.8 Å². The molecular weight excluding hydrogens is 923 g/mol. The van der Waals surface area contributed by atoms with Crippen LogP contribution in [0.15, 0.2) is 200 Å². The van der Waals surface area contributed by atoms with Crippen molar-refractivity contribution in [3.63, 3.8) is 0 Å². The fourth-order valence-electron chi connectivity index (χ4n) is 11.4. The fraction of sp³-hybridized carbons (Fsp3) is 0.0952. The molecule has 0 amide bonds. The maximum Gasteiger partial charge on any atom is 0.128 e. The van der Waals surface area contributed by atoms with Gasteiger partial charge in [0.1, 0.15) is 15.0 Å². The predicted octanol–water partition coefficient (Wildman–Crippen LogP) is 18.4. The molecule has 2 aliphatic heterocycles. The lowest BCUT2D eigenvalue weighted by atomic mass is 9.72. The van der Waals surface area contributed by atoms with Crippen LogP contribution in [0, 0.1) is 0 Å². The minimum Gasteiger partial charge on any atom is -0.308 e. The van der Waals surface area contributed by atoms with Crippen molar-refractivity contribution >= 4 is 98.8 Å². The van der Waals surface area contributed by atoms with Crippen LogP contribution in [0.3, 0.4) is 0 Å². The molecule has 3 aromatic heterocycles. The van der Waals surface area contributed by atoms with Gasteiger partial charge in [-0.3, -0.25) is 0 Å². The molecule has 5 heterocycles. The Morgan fingerprint density at radius 2 is 0.606 bits per heavy atom. The first-order valence-electron chi connectivity index (χ1n) is 24.1. The third-order valence-corrected chi connectivity index (χ3v) is 17.9. The van der Waals surface area contributed by atoms with E-state index in [1.54, 1.807) is 34.0 Å². The van der Waals surface area contributed by atoms with E-state index in [4.69, 9.17) is 15.0 Å². The summed E-state index contributed by atoms with van der Waals surface area (Å²) < 4.78 is 3.37. The smallest absolute Gasteiger partial charge is 0.128 e. The van der Waals surface area contributed by atoms with Crippen LogP contribution in [0.1, 0.15) is 49.9 Å². The Morgan fingerprint density at radius 1 is 0.310 bits per heavy atom. The molecule has 0 saturated heterocycles. The van der Waals surface area contributed by atoms with Crippen molar-refractivity contribution in [2.75, 3.05) is 9.80 Å². The molecule has 14 rings (SSSR count). The summed E-state index contributed by atoms with van der Waals surface area (Å²) in [4.78, 5) is 22.3. The minimum atomic E-state index is -0.307. The van der Waals surface area contributed by atoms with Gasteiger partial charge in [0.2, 0.25) is 0 Å². The zero-order chi connectivity index (χ0) is 47.6. The summed E-state index contributed by atoms with van der Waals surface area (Å²) in [5.74, 6) is 0. The molecule has 0 fully saturated rings. The van der Waals surface area contributed by atoms with E-state index in [1.807, 2.05) is 0 Å². The average molecular weight is 968 g/mol. The maximum atomic E-state index is 5.76. The van der Waals surface area contributed by atoms with Crippen molar-refractivity contribution in [3.8, 4) is 42.8 Å². The van der Waals surface area contributed by atoms with Crippen LogP contribution >= 0.6 is 34.0 Å². The third kappa shape index (κ3) is 6.31. The Kier molecular flexibility index (Phi) is 9.43. The first-order chi connectivity index (χ1) is 34.8. The summed E-state index contributed by atoms with van der Waals surface area (Å²) in [6.45, 7) is 9.47. The molecule has 8 heteroatoms. The van der Waals surface area contributed by atoms with Crippen molar-refractivity contribution < 1.29 is 0 Å². The Bertz CT molecular complexity index is 3700. The van der Waals surface area contributed by atoms with Gasteiger partial charge in [-0.2, -0.15) is 0 Å². The number of aromatic nitrogens is 3. The molecule has 0 spiro atoms. The lowest BCUT2D eigenvalue weighted by Crippen LogP contribution is -2.32. The first kappa shape index (κ1) is 42.2. The number of rotatable bonds is 6. The van der Waals surface area contributed by atoms with Crippen molar-refractivity contribution in [2.24, 2.45) is 0 Å². The van der Waals surface area contributed by atoms with Crippen molar-refractivity contribution in [1.82, 2.24) is 15.0 Å². The zero-order valence-corrected chi connectivity index (χ0v) is 42.0. The fourth-order valence-corrected chi connectivity index (χ4v) is 14.5. The largest absolute Gasteiger partial charge is 0.308 e. The standard InChI is InChI=1S/C63H45N5S3/c1-62(2)39-24-8-15-31-46(39)67(47-32-16-9-25-40(47)62)57-54(59-64-43-28-12-19-35-50(43)69-59)53(38-22-6-5-7-23-38)55(60-65-44-29-13-20-36-51(44)70-60)58(56(57)61-66-45-30-14-21-37-52(45)71-61)68-48-33-17-10-26-41(48)63(3,4)42-27-11-18-34-49(42)68/h5-37H,1-4H3. The van der Waals surface area contributed by atoms with E-state index in [9.17, 15) is 0 Å². The number of hydrogen-bond acceptors (Lipinski definition) is 8. The molecule has 0 N–H and O–H groups in total. The summed E-state index contributed by atoms with van der Waals surface area (Å²) >= 11 is 5.25. The van der Waals surface area contributed by atoms with Crippen molar-refractivity contribution in [3.05, 3.63) is 222 Å². The Hall–Kier alpha value is -7.75. The predicted molar refractivity (Wildman–Crippen MR) is 301 cm³/mol. The van der Waals surface area contributed by atoms with Crippen molar-refractivity contribution in [1.29, 1.82) is 0 Å². The molecule has 71 heavy (non-hydrogen) atoms. The van der Waals surface area contributed by atoms with Crippen LogP contribution in [0.4, 0.5) is 34.1 Å². The Morgan fingerprint density at radius 3 is 0.958 bits per heavy atom. The van der Waals surface area contributed by atoms with E-state index in [-0.39, 0.29) is 10.8 Å². The normalized spacial score (nSPS) is 14.4. The second-order valence-electron chi connectivity index (χ2n) is 19.5. The van der Waals surface area contributed by atoms with Gasteiger partial charge in [-0.25, -0.2) is 15.0 Å². The van der Waals surface area contributed by atoms with Gasteiger partial charge in [0.05, 0.1) is 70.3 Å². The molecule has 0 unspecified atom stereocenters. The van der Waals surface area contributed by atoms with Gasteiger partial charge in [0, 0.05) is 27.5 Å². The van der Waals surface area contributed by atoms with Crippen LogP contribution in [0.2, 0.25) is 0 Å². The highest BCUT2D eigenvalue weighted by Crippen LogP contribution is 2.66. The van der Waals surface area contributed by atoms with Gasteiger partial charge in [-0.05, 0) is 88.5 Å². The average Bonchev–Trinajstić information content (AvgIpc) is 4.16. The SMILES string of the molecule is CC1(C)c2ccccc2N(c2c(-c3nc4ccccc4s3)c(-c3ccccc3)c(-c3nc4ccccc4s3)c(N3c4ccccc4C(C)(C)c4ccccc43)c2-c2nc3ccccc3s2)c2ccccc21. The quantitative estimate of drug-likeness (QED) is 0.166. The summed E-state index contributed by atoms with van der Waals surface area (Å²) in [5, 5.41) is 2.77. The Labute approximate surface area is 424 Å². The number of benzene rings is 9. The van der Waals surface area contributed by atoms with E-state index in [0.717, 1.165) is 108 Å². The monoisotopic (exact) mass is 967 g/mol. The van der Waals surface area contributed by atoms with E-state index in [2.05, 4.69) is 238 Å². The maximum absolute atomic E-state index is 5.76. The number of nitrogens with zero attached hydrogens (tertiary/aromatic N) is 5. The number of anilines is 6. The van der Waals surface area contributed by atoms with Gasteiger partial charge >= 0.3 is 0 Å². The molecule has 0 radical (unpaired) electrons. The molecule has 340 valence electrons. The van der Waals surface area contributed by atoms with Gasteiger partial charge in [-0.15, -0.1) is 34.0 Å². The summed E-state index contributed by atoms with van der Waals surface area (Å²) in [7, 11) is 0. The summed E-state index contributed by atoms with van der Waals surface area (Å²) in [6.07, 6.45) is 0. The lowest BCUT2D eigenvalue weighted by molar-refractivity contribution is 0.631. The van der Waals surface area contributed by atoms with E-state index in [1.165, 1.54) is 22.3 Å². The second kappa shape index (κ2) is 15.9. The summed E-state index contributed by atoms with van der Waals surface area (Å²) in [5.41, 5.74) is 19.0. The molecular formula is C63H45N5S3. The molecule has 0 aliphatic carbocycles. The number of thiazole rings is 3. The number of hydrogen-bond donors (Lipinski definition) is 0. The highest BCUT2D eigenvalue weighted by molar-refractivity contribution is 7.23.